The van der Waals surface area contributed by atoms with Gasteiger partial charge in [0.2, 0.25) is 0 Å². The molecule has 0 spiro atoms. The van der Waals surface area contributed by atoms with E-state index in [1.165, 1.54) is 25.3 Å². The standard InChI is InChI=1S/C14H13NO6S/c1-21-10-6-8(2-3-9(10)16)7-11-13(19)15(14(20)22-11)5-4-12(17)18/h2-3,6-7,16H,4-5H2,1H3,(H,17,18)/p-1/b11-7-. The van der Waals surface area contributed by atoms with Gasteiger partial charge in [0.05, 0.1) is 12.0 Å². The topological polar surface area (TPSA) is 107 Å². The molecule has 7 nitrogen and oxygen atoms in total. The number of ether oxygens (including phenoxy) is 1. The van der Waals surface area contributed by atoms with Crippen molar-refractivity contribution < 1.29 is 29.3 Å². The van der Waals surface area contributed by atoms with E-state index in [-0.39, 0.29) is 22.9 Å². The van der Waals surface area contributed by atoms with Crippen molar-refractivity contribution in [2.75, 3.05) is 13.7 Å². The Labute approximate surface area is 130 Å². The van der Waals surface area contributed by atoms with Gasteiger partial charge >= 0.3 is 0 Å². The number of nitrogens with zero attached hydrogens (tertiary/aromatic N) is 1. The van der Waals surface area contributed by atoms with Crippen molar-refractivity contribution in [1.29, 1.82) is 0 Å². The first-order chi connectivity index (χ1) is 10.4. The normalized spacial score (nSPS) is 16.4. The molecular formula is C14H12NO6S-. The molecule has 1 saturated heterocycles. The number of carbonyl (C=O) groups is 3. The molecule has 1 aromatic carbocycles. The van der Waals surface area contributed by atoms with E-state index in [0.717, 1.165) is 16.7 Å². The van der Waals surface area contributed by atoms with E-state index >= 15 is 0 Å². The Morgan fingerprint density at radius 1 is 1.45 bits per heavy atom. The first kappa shape index (κ1) is 15.9. The van der Waals surface area contributed by atoms with E-state index in [1.807, 2.05) is 0 Å². The summed E-state index contributed by atoms with van der Waals surface area (Å²) in [6.07, 6.45) is 1.07. The van der Waals surface area contributed by atoms with Gasteiger partial charge in [-0.15, -0.1) is 0 Å². The summed E-state index contributed by atoms with van der Waals surface area (Å²) in [4.78, 5) is 35.3. The van der Waals surface area contributed by atoms with Gasteiger partial charge in [-0.1, -0.05) is 6.07 Å². The molecule has 22 heavy (non-hydrogen) atoms. The summed E-state index contributed by atoms with van der Waals surface area (Å²) in [5.41, 5.74) is 0.569. The molecule has 0 aromatic heterocycles. The fourth-order valence-electron chi connectivity index (χ4n) is 1.83. The molecule has 1 aliphatic rings. The van der Waals surface area contributed by atoms with Crippen LogP contribution in [0.3, 0.4) is 0 Å². The number of thioether (sulfide) groups is 1. The largest absolute Gasteiger partial charge is 0.550 e. The van der Waals surface area contributed by atoms with Gasteiger partial charge < -0.3 is 19.7 Å². The maximum Gasteiger partial charge on any atom is 0.293 e. The van der Waals surface area contributed by atoms with Crippen LogP contribution in [0.2, 0.25) is 0 Å². The molecule has 0 radical (unpaired) electrons. The molecule has 1 N–H and O–H groups in total. The summed E-state index contributed by atoms with van der Waals surface area (Å²) >= 11 is 0.728. The number of phenolic OH excluding ortho intramolecular Hbond substituents is 1. The van der Waals surface area contributed by atoms with E-state index < -0.39 is 23.5 Å². The Balaban J connectivity index is 2.21. The zero-order valence-electron chi connectivity index (χ0n) is 11.6. The zero-order chi connectivity index (χ0) is 16.3. The molecule has 1 heterocycles. The number of carboxylic acid groups (broad SMARTS) is 1. The molecule has 1 aliphatic heterocycles. The van der Waals surface area contributed by atoms with Crippen LogP contribution < -0.4 is 9.84 Å². The van der Waals surface area contributed by atoms with Gasteiger partial charge in [-0.3, -0.25) is 14.5 Å². The molecule has 116 valence electrons. The Morgan fingerprint density at radius 2 is 2.18 bits per heavy atom. The van der Waals surface area contributed by atoms with Gasteiger partial charge in [0.1, 0.15) is 0 Å². The molecule has 0 bridgehead atoms. The highest BCUT2D eigenvalue weighted by Gasteiger charge is 2.34. The first-order valence-corrected chi connectivity index (χ1v) is 7.06. The molecule has 2 amide bonds. The van der Waals surface area contributed by atoms with E-state index in [9.17, 15) is 24.6 Å². The number of methoxy groups -OCH3 is 1. The molecule has 0 saturated carbocycles. The van der Waals surface area contributed by atoms with Gasteiger partial charge in [0, 0.05) is 18.9 Å². The van der Waals surface area contributed by atoms with Gasteiger partial charge in [-0.05, 0) is 35.5 Å². The molecule has 8 heteroatoms. The van der Waals surface area contributed by atoms with Crippen molar-refractivity contribution in [2.45, 2.75) is 6.42 Å². The lowest BCUT2D eigenvalue weighted by Crippen LogP contribution is -2.33. The molecule has 2 rings (SSSR count). The van der Waals surface area contributed by atoms with Crippen molar-refractivity contribution in [1.82, 2.24) is 4.90 Å². The number of carbonyl (C=O) groups excluding carboxylic acids is 3. The number of amides is 2. The van der Waals surface area contributed by atoms with Gasteiger partial charge in [-0.25, -0.2) is 0 Å². The van der Waals surface area contributed by atoms with E-state index in [1.54, 1.807) is 6.07 Å². The Kier molecular flexibility index (Phi) is 4.71. The zero-order valence-corrected chi connectivity index (χ0v) is 12.4. The number of aliphatic carboxylic acids is 1. The smallest absolute Gasteiger partial charge is 0.293 e. The first-order valence-electron chi connectivity index (χ1n) is 6.24. The van der Waals surface area contributed by atoms with Crippen molar-refractivity contribution in [3.05, 3.63) is 28.7 Å². The molecule has 1 aromatic rings. The molecule has 0 aliphatic carbocycles. The van der Waals surface area contributed by atoms with Crippen molar-refractivity contribution in [3.8, 4) is 11.5 Å². The van der Waals surface area contributed by atoms with Crippen LogP contribution in [0.15, 0.2) is 23.1 Å². The van der Waals surface area contributed by atoms with Crippen molar-refractivity contribution >= 4 is 35.0 Å². The van der Waals surface area contributed by atoms with Crippen LogP contribution in [0.1, 0.15) is 12.0 Å². The Hall–Kier alpha value is -2.48. The van der Waals surface area contributed by atoms with E-state index in [4.69, 9.17) is 4.74 Å². The second-order valence-corrected chi connectivity index (χ2v) is 5.38. The predicted octanol–water partition coefficient (Wildman–Crippen LogP) is 0.577. The number of hydrogen-bond acceptors (Lipinski definition) is 7. The van der Waals surface area contributed by atoms with Crippen LogP contribution in [0.25, 0.3) is 6.08 Å². The molecule has 0 unspecified atom stereocenters. The fraction of sp³-hybridized carbons (Fsp3) is 0.214. The minimum atomic E-state index is -1.33. The van der Waals surface area contributed by atoms with Crippen LogP contribution in [0.5, 0.6) is 11.5 Å². The lowest BCUT2D eigenvalue weighted by Gasteiger charge is -2.12. The highest BCUT2D eigenvalue weighted by Crippen LogP contribution is 2.34. The summed E-state index contributed by atoms with van der Waals surface area (Å²) in [7, 11) is 1.40. The number of imide groups is 1. The lowest BCUT2D eigenvalue weighted by atomic mass is 10.2. The second-order valence-electron chi connectivity index (χ2n) is 4.39. The number of rotatable bonds is 5. The second kappa shape index (κ2) is 6.52. The number of hydrogen-bond donors (Lipinski definition) is 1. The van der Waals surface area contributed by atoms with Crippen LogP contribution in [-0.2, 0) is 9.59 Å². The molecular weight excluding hydrogens is 310 g/mol. The fourth-order valence-corrected chi connectivity index (χ4v) is 2.70. The monoisotopic (exact) mass is 322 g/mol. The van der Waals surface area contributed by atoms with E-state index in [2.05, 4.69) is 0 Å². The lowest BCUT2D eigenvalue weighted by molar-refractivity contribution is -0.305. The maximum absolute atomic E-state index is 12.1. The number of phenols is 1. The van der Waals surface area contributed by atoms with Gasteiger partial charge in [-0.2, -0.15) is 0 Å². The summed E-state index contributed by atoms with van der Waals surface area (Å²) in [6.45, 7) is -0.219. The third kappa shape index (κ3) is 3.40. The van der Waals surface area contributed by atoms with Crippen LogP contribution in [-0.4, -0.2) is 40.8 Å². The molecule has 0 atom stereocenters. The minimum Gasteiger partial charge on any atom is -0.550 e. The highest BCUT2D eigenvalue weighted by molar-refractivity contribution is 8.18. The maximum atomic E-state index is 12.1. The summed E-state index contributed by atoms with van der Waals surface area (Å²) in [6, 6.07) is 4.49. The summed E-state index contributed by atoms with van der Waals surface area (Å²) < 4.78 is 4.96. The highest BCUT2D eigenvalue weighted by atomic mass is 32.2. The Bertz CT molecular complexity index is 669. The summed E-state index contributed by atoms with van der Waals surface area (Å²) in [5.74, 6) is -1.68. The summed E-state index contributed by atoms with van der Waals surface area (Å²) in [5, 5.41) is 19.4. The number of benzene rings is 1. The van der Waals surface area contributed by atoms with E-state index in [0.29, 0.717) is 5.56 Å². The third-order valence-corrected chi connectivity index (χ3v) is 3.82. The number of carboxylic acids is 1. The Morgan fingerprint density at radius 3 is 2.82 bits per heavy atom. The van der Waals surface area contributed by atoms with Gasteiger partial charge in [0.25, 0.3) is 11.1 Å². The van der Waals surface area contributed by atoms with Crippen LogP contribution >= 0.6 is 11.8 Å². The average molecular weight is 322 g/mol. The van der Waals surface area contributed by atoms with Crippen LogP contribution in [0, 0.1) is 0 Å². The van der Waals surface area contributed by atoms with Crippen molar-refractivity contribution in [3.63, 3.8) is 0 Å². The SMILES string of the molecule is COc1cc(/C=C2\SC(=O)N(CCC(=O)[O-])C2=O)ccc1O. The van der Waals surface area contributed by atoms with Gasteiger partial charge in [0.15, 0.2) is 11.5 Å². The minimum absolute atomic E-state index is 0.0401. The molecule has 1 fully saturated rings. The predicted molar refractivity (Wildman–Crippen MR) is 77.0 cm³/mol. The van der Waals surface area contributed by atoms with Crippen LogP contribution in [0.4, 0.5) is 4.79 Å². The third-order valence-electron chi connectivity index (χ3n) is 2.91. The average Bonchev–Trinajstić information content (AvgIpc) is 2.73. The number of aromatic hydroxyl groups is 1. The van der Waals surface area contributed by atoms with Crippen molar-refractivity contribution in [2.24, 2.45) is 0 Å². The quantitative estimate of drug-likeness (QED) is 0.790.